The molecule has 0 atom stereocenters. The van der Waals surface area contributed by atoms with Gasteiger partial charge in [-0.15, -0.1) is 0 Å². The second kappa shape index (κ2) is 7.84. The summed E-state index contributed by atoms with van der Waals surface area (Å²) in [7, 11) is 0. The van der Waals surface area contributed by atoms with E-state index in [9.17, 15) is 4.79 Å². The van der Waals surface area contributed by atoms with Crippen molar-refractivity contribution < 1.29 is 9.53 Å². The number of pyridine rings is 1. The summed E-state index contributed by atoms with van der Waals surface area (Å²) in [6.07, 6.45) is 3.95. The number of anilines is 1. The highest BCUT2D eigenvalue weighted by molar-refractivity contribution is 6.33. The van der Waals surface area contributed by atoms with E-state index in [-0.39, 0.29) is 5.92 Å². The Morgan fingerprint density at radius 1 is 1.20 bits per heavy atom. The quantitative estimate of drug-likeness (QED) is 0.661. The van der Waals surface area contributed by atoms with Crippen molar-refractivity contribution in [3.8, 4) is 17.0 Å². The lowest BCUT2D eigenvalue weighted by atomic mass is 10.1. The standard InChI is InChI=1S/C23H25ClN4O2/c1-2-30-16-5-6-17(19(24)13-16)20-14-18-21(7-8-25-22(18)26-20)27-9-11-28(12-10-27)23(29)15-3-4-15/h5-8,13-15H,2-4,9-12H2,1H3,(H,25,26). The van der Waals surface area contributed by atoms with Gasteiger partial charge in [-0.2, -0.15) is 0 Å². The number of H-pyrrole nitrogens is 1. The van der Waals surface area contributed by atoms with Crippen molar-refractivity contribution in [3.63, 3.8) is 0 Å². The average Bonchev–Trinajstić information content (AvgIpc) is 3.52. The summed E-state index contributed by atoms with van der Waals surface area (Å²) in [5.74, 6) is 1.39. The van der Waals surface area contributed by atoms with Gasteiger partial charge >= 0.3 is 0 Å². The van der Waals surface area contributed by atoms with Gasteiger partial charge in [-0.1, -0.05) is 11.6 Å². The summed E-state index contributed by atoms with van der Waals surface area (Å²) in [5, 5.41) is 1.71. The van der Waals surface area contributed by atoms with Crippen molar-refractivity contribution in [1.29, 1.82) is 0 Å². The average molecular weight is 425 g/mol. The lowest BCUT2D eigenvalue weighted by molar-refractivity contribution is -0.132. The number of carbonyl (C=O) groups excluding carboxylic acids is 1. The fourth-order valence-corrected chi connectivity index (χ4v) is 4.43. The van der Waals surface area contributed by atoms with Gasteiger partial charge in [-0.3, -0.25) is 4.79 Å². The number of piperazine rings is 1. The third-order valence-corrected chi connectivity index (χ3v) is 6.22. The zero-order valence-corrected chi connectivity index (χ0v) is 17.8. The van der Waals surface area contributed by atoms with Crippen LogP contribution in [-0.4, -0.2) is 53.6 Å². The highest BCUT2D eigenvalue weighted by Gasteiger charge is 2.34. The van der Waals surface area contributed by atoms with Gasteiger partial charge in [0, 0.05) is 60.6 Å². The molecule has 1 saturated heterocycles. The number of ether oxygens (including phenoxy) is 1. The van der Waals surface area contributed by atoms with E-state index in [1.54, 1.807) is 0 Å². The van der Waals surface area contributed by atoms with Crippen molar-refractivity contribution in [2.24, 2.45) is 5.92 Å². The molecule has 1 N–H and O–H groups in total. The van der Waals surface area contributed by atoms with E-state index in [1.807, 2.05) is 36.2 Å². The van der Waals surface area contributed by atoms with Gasteiger partial charge in [-0.05, 0) is 50.1 Å². The van der Waals surface area contributed by atoms with Crippen LogP contribution in [0.2, 0.25) is 5.02 Å². The van der Waals surface area contributed by atoms with E-state index in [1.165, 1.54) is 0 Å². The molecule has 1 saturated carbocycles. The number of carbonyl (C=O) groups is 1. The number of aromatic amines is 1. The van der Waals surface area contributed by atoms with E-state index in [4.69, 9.17) is 16.3 Å². The molecule has 1 aliphatic heterocycles. The summed E-state index contributed by atoms with van der Waals surface area (Å²) in [5.41, 5.74) is 3.83. The van der Waals surface area contributed by atoms with E-state index in [2.05, 4.69) is 27.0 Å². The number of benzene rings is 1. The van der Waals surface area contributed by atoms with Crippen molar-refractivity contribution in [1.82, 2.24) is 14.9 Å². The number of nitrogens with zero attached hydrogens (tertiary/aromatic N) is 3. The number of amides is 1. The molecule has 5 rings (SSSR count). The molecule has 0 bridgehead atoms. The maximum absolute atomic E-state index is 12.3. The van der Waals surface area contributed by atoms with E-state index >= 15 is 0 Å². The first-order valence-corrected chi connectivity index (χ1v) is 11.0. The van der Waals surface area contributed by atoms with Gasteiger partial charge < -0.3 is 19.5 Å². The molecular formula is C23H25ClN4O2. The Morgan fingerprint density at radius 2 is 2.00 bits per heavy atom. The smallest absolute Gasteiger partial charge is 0.225 e. The van der Waals surface area contributed by atoms with Crippen LogP contribution in [0.4, 0.5) is 5.69 Å². The fourth-order valence-electron chi connectivity index (χ4n) is 4.16. The van der Waals surface area contributed by atoms with Crippen LogP contribution < -0.4 is 9.64 Å². The molecule has 7 heteroatoms. The monoisotopic (exact) mass is 424 g/mol. The Hall–Kier alpha value is -2.73. The first kappa shape index (κ1) is 19.2. The highest BCUT2D eigenvalue weighted by Crippen LogP contribution is 2.36. The van der Waals surface area contributed by atoms with Crippen molar-refractivity contribution >= 4 is 34.2 Å². The van der Waals surface area contributed by atoms with Crippen LogP contribution in [0.5, 0.6) is 5.75 Å². The molecule has 1 aliphatic carbocycles. The van der Waals surface area contributed by atoms with Gasteiger partial charge in [0.05, 0.1) is 11.6 Å². The number of hydrogen-bond acceptors (Lipinski definition) is 4. The van der Waals surface area contributed by atoms with Gasteiger partial charge in [-0.25, -0.2) is 4.98 Å². The molecular weight excluding hydrogens is 400 g/mol. The van der Waals surface area contributed by atoms with E-state index < -0.39 is 0 Å². The van der Waals surface area contributed by atoms with Crippen LogP contribution in [0.25, 0.3) is 22.3 Å². The minimum atomic E-state index is 0.287. The Balaban J connectivity index is 1.40. The van der Waals surface area contributed by atoms with E-state index in [0.29, 0.717) is 17.5 Å². The summed E-state index contributed by atoms with van der Waals surface area (Å²) in [4.78, 5) is 24.6. The Labute approximate surface area is 180 Å². The third-order valence-electron chi connectivity index (χ3n) is 5.91. The van der Waals surface area contributed by atoms with Crippen LogP contribution in [0.3, 0.4) is 0 Å². The predicted octanol–water partition coefficient (Wildman–Crippen LogP) is 4.34. The van der Waals surface area contributed by atoms with Crippen LogP contribution in [0, 0.1) is 5.92 Å². The number of fused-ring (bicyclic) bond motifs is 1. The van der Waals surface area contributed by atoms with Crippen LogP contribution in [0.1, 0.15) is 19.8 Å². The SMILES string of the molecule is CCOc1ccc(-c2cc3c(N4CCN(C(=O)C5CC5)CC4)ccnc3[nH]2)c(Cl)c1. The molecule has 2 aliphatic rings. The first-order chi connectivity index (χ1) is 14.6. The summed E-state index contributed by atoms with van der Waals surface area (Å²) in [6, 6.07) is 9.91. The number of nitrogens with one attached hydrogen (secondary N) is 1. The van der Waals surface area contributed by atoms with Crippen LogP contribution >= 0.6 is 11.6 Å². The number of rotatable bonds is 5. The first-order valence-electron chi connectivity index (χ1n) is 10.6. The highest BCUT2D eigenvalue weighted by atomic mass is 35.5. The van der Waals surface area contributed by atoms with Crippen molar-refractivity contribution in [2.45, 2.75) is 19.8 Å². The topological polar surface area (TPSA) is 61.5 Å². The maximum Gasteiger partial charge on any atom is 0.225 e. The molecule has 0 radical (unpaired) electrons. The zero-order chi connectivity index (χ0) is 20.7. The summed E-state index contributed by atoms with van der Waals surface area (Å²) < 4.78 is 5.54. The van der Waals surface area contributed by atoms with Gasteiger partial charge in [0.15, 0.2) is 0 Å². The molecule has 1 amide bonds. The zero-order valence-electron chi connectivity index (χ0n) is 17.0. The number of aromatic nitrogens is 2. The molecule has 0 unspecified atom stereocenters. The Morgan fingerprint density at radius 3 is 2.70 bits per heavy atom. The number of halogens is 1. The second-order valence-electron chi connectivity index (χ2n) is 7.94. The number of hydrogen-bond donors (Lipinski definition) is 1. The van der Waals surface area contributed by atoms with Crippen molar-refractivity contribution in [3.05, 3.63) is 41.6 Å². The molecule has 2 fully saturated rings. The minimum absolute atomic E-state index is 0.287. The molecule has 6 nitrogen and oxygen atoms in total. The van der Waals surface area contributed by atoms with Gasteiger partial charge in [0.1, 0.15) is 11.4 Å². The normalized spacial score (nSPS) is 16.9. The molecule has 3 heterocycles. The van der Waals surface area contributed by atoms with Gasteiger partial charge in [0.2, 0.25) is 5.91 Å². The Bertz CT molecular complexity index is 1080. The molecule has 0 spiro atoms. The lowest BCUT2D eigenvalue weighted by Crippen LogP contribution is -2.49. The van der Waals surface area contributed by atoms with Crippen LogP contribution in [-0.2, 0) is 4.79 Å². The van der Waals surface area contributed by atoms with E-state index in [0.717, 1.165) is 72.7 Å². The largest absolute Gasteiger partial charge is 0.494 e. The minimum Gasteiger partial charge on any atom is -0.494 e. The Kier molecular flexibility index (Phi) is 5.03. The van der Waals surface area contributed by atoms with Crippen LogP contribution in [0.15, 0.2) is 36.5 Å². The molecule has 156 valence electrons. The summed E-state index contributed by atoms with van der Waals surface area (Å²) >= 11 is 6.52. The maximum atomic E-state index is 12.3. The fraction of sp³-hybridized carbons (Fsp3) is 0.391. The van der Waals surface area contributed by atoms with Gasteiger partial charge in [0.25, 0.3) is 0 Å². The molecule has 1 aromatic carbocycles. The predicted molar refractivity (Wildman–Crippen MR) is 119 cm³/mol. The second-order valence-corrected chi connectivity index (χ2v) is 8.34. The van der Waals surface area contributed by atoms with Crippen molar-refractivity contribution in [2.75, 3.05) is 37.7 Å². The molecule has 3 aromatic rings. The third kappa shape index (κ3) is 3.60. The molecule has 2 aromatic heterocycles. The summed E-state index contributed by atoms with van der Waals surface area (Å²) in [6.45, 7) is 5.79. The molecule has 30 heavy (non-hydrogen) atoms. The lowest BCUT2D eigenvalue weighted by Gasteiger charge is -2.36.